The van der Waals surface area contributed by atoms with Gasteiger partial charge in [-0.2, -0.15) is 0 Å². The van der Waals surface area contributed by atoms with Crippen molar-refractivity contribution in [1.29, 1.82) is 0 Å². The molecule has 0 saturated carbocycles. The van der Waals surface area contributed by atoms with Gasteiger partial charge in [-0.05, 0) is 112 Å². The number of aliphatic carboxylic acids is 1. The van der Waals surface area contributed by atoms with Gasteiger partial charge in [-0.25, -0.2) is 9.59 Å². The number of esters is 1. The molecule has 0 unspecified atom stereocenters. The van der Waals surface area contributed by atoms with E-state index >= 15 is 0 Å². The Balaban J connectivity index is 1.62. The van der Waals surface area contributed by atoms with Gasteiger partial charge in [0.15, 0.2) is 34.5 Å². The van der Waals surface area contributed by atoms with E-state index in [0.29, 0.717) is 57.2 Å². The number of aromatic hydroxyl groups is 7. The number of unbranched alkanes of at least 4 members (excludes halogenated alkanes) is 2. The van der Waals surface area contributed by atoms with Crippen molar-refractivity contribution in [2.24, 2.45) is 0 Å². The van der Waals surface area contributed by atoms with Crippen LogP contribution >= 0.6 is 0 Å². The van der Waals surface area contributed by atoms with Crippen LogP contribution in [0.5, 0.6) is 40.2 Å². The maximum Gasteiger partial charge on any atom is 0.345 e. The van der Waals surface area contributed by atoms with E-state index in [-0.39, 0.29) is 29.1 Å². The van der Waals surface area contributed by atoms with Crippen molar-refractivity contribution < 1.29 is 55.2 Å². The van der Waals surface area contributed by atoms with Crippen LogP contribution in [0.4, 0.5) is 0 Å². The summed E-state index contributed by atoms with van der Waals surface area (Å²) in [6, 6.07) is 19.1. The predicted octanol–water partition coefficient (Wildman–Crippen LogP) is 7.32. The number of fused-ring (bicyclic) bond motifs is 1. The molecule has 50 heavy (non-hydrogen) atoms. The zero-order chi connectivity index (χ0) is 36.1. The predicted molar refractivity (Wildman–Crippen MR) is 186 cm³/mol. The minimum absolute atomic E-state index is 0.0118. The van der Waals surface area contributed by atoms with Crippen LogP contribution in [0.1, 0.15) is 43.7 Å². The fourth-order valence-corrected chi connectivity index (χ4v) is 5.81. The summed E-state index contributed by atoms with van der Waals surface area (Å²) in [6.07, 6.45) is 1.83. The molecule has 5 aromatic rings. The lowest BCUT2D eigenvalue weighted by Crippen LogP contribution is -2.28. The molecule has 0 aliphatic rings. The van der Waals surface area contributed by atoms with Crippen molar-refractivity contribution in [1.82, 2.24) is 0 Å². The third-order valence-electron chi connectivity index (χ3n) is 8.35. The number of carboxylic acid groups (broad SMARTS) is 1. The number of benzene rings is 5. The average molecular weight is 681 g/mol. The minimum atomic E-state index is -1.63. The average Bonchev–Trinajstić information content (AvgIpc) is 3.08. The van der Waals surface area contributed by atoms with Crippen LogP contribution in [-0.4, -0.2) is 58.9 Å². The van der Waals surface area contributed by atoms with Crippen molar-refractivity contribution in [3.8, 4) is 62.5 Å². The summed E-state index contributed by atoms with van der Waals surface area (Å²) in [5.41, 5.74) is 3.07. The van der Waals surface area contributed by atoms with Gasteiger partial charge < -0.3 is 45.6 Å². The molecule has 5 aromatic carbocycles. The number of phenols is 7. The van der Waals surface area contributed by atoms with Crippen LogP contribution in [0.3, 0.4) is 0 Å². The first kappa shape index (κ1) is 35.0. The van der Waals surface area contributed by atoms with Gasteiger partial charge in [0.1, 0.15) is 5.75 Å². The summed E-state index contributed by atoms with van der Waals surface area (Å²) in [5.74, 6) is -4.88. The van der Waals surface area contributed by atoms with E-state index in [1.54, 1.807) is 30.3 Å². The van der Waals surface area contributed by atoms with Crippen molar-refractivity contribution in [3.63, 3.8) is 0 Å². The largest absolute Gasteiger partial charge is 0.508 e. The van der Waals surface area contributed by atoms with Gasteiger partial charge in [0.2, 0.25) is 6.10 Å². The molecule has 0 fully saturated rings. The van der Waals surface area contributed by atoms with E-state index in [1.165, 1.54) is 48.5 Å². The summed E-state index contributed by atoms with van der Waals surface area (Å²) in [4.78, 5) is 25.4. The number of phenolic OH excluding ortho intramolecular Hbond substituents is 7. The normalized spacial score (nSPS) is 12.1. The Hall–Kier alpha value is -6.36. The second kappa shape index (κ2) is 14.8. The highest BCUT2D eigenvalue weighted by molar-refractivity contribution is 6.05. The van der Waals surface area contributed by atoms with Crippen LogP contribution < -0.4 is 0 Å². The van der Waals surface area contributed by atoms with E-state index in [9.17, 15) is 50.4 Å². The summed E-state index contributed by atoms with van der Waals surface area (Å²) in [7, 11) is 0. The number of carboxylic acids is 1. The van der Waals surface area contributed by atoms with Gasteiger partial charge in [0.05, 0.1) is 0 Å². The summed E-state index contributed by atoms with van der Waals surface area (Å²) in [6.45, 7) is 2.00. The van der Waals surface area contributed by atoms with Gasteiger partial charge >= 0.3 is 11.9 Å². The maximum atomic E-state index is 13.3. The molecule has 0 radical (unpaired) electrons. The molecular weight excluding hydrogens is 644 g/mol. The molecule has 0 amide bonds. The lowest BCUT2D eigenvalue weighted by atomic mass is 9.89. The molecular formula is C39H36O11. The molecule has 5 rings (SSSR count). The van der Waals surface area contributed by atoms with Crippen molar-refractivity contribution >= 4 is 28.3 Å². The Kier molecular flexibility index (Phi) is 10.4. The zero-order valence-corrected chi connectivity index (χ0v) is 27.0. The monoisotopic (exact) mass is 680 g/mol. The van der Waals surface area contributed by atoms with Gasteiger partial charge in [0, 0.05) is 17.9 Å². The molecule has 0 spiro atoms. The molecule has 1 atom stereocenters. The number of allylic oxidation sites excluding steroid dienone is 1. The van der Waals surface area contributed by atoms with Crippen molar-refractivity contribution in [2.45, 2.75) is 45.1 Å². The van der Waals surface area contributed by atoms with Gasteiger partial charge in [-0.1, -0.05) is 44.0 Å². The lowest BCUT2D eigenvalue weighted by molar-refractivity contribution is -0.160. The van der Waals surface area contributed by atoms with Gasteiger partial charge in [0.25, 0.3) is 0 Å². The first-order valence-electron chi connectivity index (χ1n) is 15.9. The first-order chi connectivity index (χ1) is 23.9. The molecule has 258 valence electrons. The second-order valence-corrected chi connectivity index (χ2v) is 11.9. The Morgan fingerprint density at radius 3 is 2.02 bits per heavy atom. The van der Waals surface area contributed by atoms with E-state index in [1.807, 2.05) is 6.92 Å². The van der Waals surface area contributed by atoms with Crippen molar-refractivity contribution in [3.05, 3.63) is 96.1 Å². The van der Waals surface area contributed by atoms with Gasteiger partial charge in [-0.3, -0.25) is 0 Å². The standard InChI is InChI=1S/C39H36O11/c1-2-3-4-6-23(17-37(46)50-36(39(48)49)14-21-9-12-31(41)32(42)13-21)29-20-35(45)38(47)26-11-10-24(16-30(26)29)28-19-34(44)33(43)18-27(28)22-7-5-8-25(40)15-22/h5,7-13,15-20,36,40-45,47H,2-4,6,14H2,1H3,(H,48,49)/t36-/m1/s1. The zero-order valence-electron chi connectivity index (χ0n) is 27.0. The highest BCUT2D eigenvalue weighted by Gasteiger charge is 2.24. The molecule has 0 aliphatic heterocycles. The van der Waals surface area contributed by atoms with Gasteiger partial charge in [-0.15, -0.1) is 0 Å². The third kappa shape index (κ3) is 7.68. The fraction of sp³-hybridized carbons (Fsp3) is 0.179. The highest BCUT2D eigenvalue weighted by atomic mass is 16.6. The van der Waals surface area contributed by atoms with E-state index in [2.05, 4.69) is 0 Å². The Morgan fingerprint density at radius 1 is 0.700 bits per heavy atom. The number of carbonyl (C=O) groups excluding carboxylic acids is 1. The Labute approximate surface area is 286 Å². The summed E-state index contributed by atoms with van der Waals surface area (Å²) < 4.78 is 5.36. The van der Waals surface area contributed by atoms with Crippen LogP contribution in [-0.2, 0) is 20.7 Å². The Morgan fingerprint density at radius 2 is 1.38 bits per heavy atom. The number of ether oxygens (including phenoxy) is 1. The van der Waals surface area contributed by atoms with Crippen LogP contribution in [0.25, 0.3) is 38.6 Å². The molecule has 8 N–H and O–H groups in total. The van der Waals surface area contributed by atoms with Crippen molar-refractivity contribution in [2.75, 3.05) is 0 Å². The fourth-order valence-electron chi connectivity index (χ4n) is 5.81. The highest BCUT2D eigenvalue weighted by Crippen LogP contribution is 2.45. The van der Waals surface area contributed by atoms with E-state index in [0.717, 1.165) is 18.9 Å². The topological polar surface area (TPSA) is 205 Å². The number of hydrogen-bond donors (Lipinski definition) is 8. The van der Waals surface area contributed by atoms with E-state index in [4.69, 9.17) is 4.74 Å². The van der Waals surface area contributed by atoms with Crippen LogP contribution in [0.2, 0.25) is 0 Å². The van der Waals surface area contributed by atoms with Crippen LogP contribution in [0.15, 0.2) is 84.9 Å². The molecule has 0 heterocycles. The third-order valence-corrected chi connectivity index (χ3v) is 8.35. The SMILES string of the molecule is CCCCCC(=CC(=O)O[C@H](Cc1ccc(O)c(O)c1)C(=O)O)c1cc(O)c(O)c2ccc(-c3cc(O)c(O)cc3-c3cccc(O)c3)cc12. The quantitative estimate of drug-likeness (QED) is 0.0284. The molecule has 11 heteroatoms. The number of rotatable bonds is 12. The maximum absolute atomic E-state index is 13.3. The summed E-state index contributed by atoms with van der Waals surface area (Å²) in [5, 5.41) is 82.5. The molecule has 0 aromatic heterocycles. The lowest BCUT2D eigenvalue weighted by Gasteiger charge is -2.17. The molecule has 0 aliphatic carbocycles. The van der Waals surface area contributed by atoms with E-state index < -0.39 is 41.0 Å². The molecule has 0 bridgehead atoms. The molecule has 0 saturated heterocycles. The minimum Gasteiger partial charge on any atom is -0.508 e. The first-order valence-corrected chi connectivity index (χ1v) is 15.9. The van der Waals surface area contributed by atoms with Crippen LogP contribution in [0, 0.1) is 0 Å². The number of hydrogen-bond acceptors (Lipinski definition) is 10. The number of carbonyl (C=O) groups is 2. The smallest absolute Gasteiger partial charge is 0.345 e. The summed E-state index contributed by atoms with van der Waals surface area (Å²) >= 11 is 0. The molecule has 11 nitrogen and oxygen atoms in total. The Bertz CT molecular complexity index is 2120. The second-order valence-electron chi connectivity index (χ2n) is 11.9.